The monoisotopic (exact) mass is 157 g/mol. The normalized spacial score (nSPS) is 19.2. The Morgan fingerprint density at radius 1 is 1.45 bits per heavy atom. The molecule has 0 saturated carbocycles. The fourth-order valence-corrected chi connectivity index (χ4v) is 1.21. The maximum absolute atomic E-state index is 11.1. The first-order valence-corrected chi connectivity index (χ1v) is 4.02. The van der Waals surface area contributed by atoms with Crippen LogP contribution in [-0.4, -0.2) is 44.2 Å². The molecular weight excluding hydrogens is 142 g/mol. The van der Waals surface area contributed by atoms with Crippen LogP contribution in [-0.2, 0) is 0 Å². The van der Waals surface area contributed by atoms with Crippen molar-refractivity contribution in [1.82, 2.24) is 15.5 Å². The Labute approximate surface area is 66.9 Å². The molecule has 1 saturated heterocycles. The van der Waals surface area contributed by atoms with E-state index < -0.39 is 0 Å². The summed E-state index contributed by atoms with van der Waals surface area (Å²) in [4.78, 5) is 12.9. The molecule has 64 valence electrons. The zero-order valence-corrected chi connectivity index (χ0v) is 6.89. The summed E-state index contributed by atoms with van der Waals surface area (Å²) in [5.74, 6) is 0. The second kappa shape index (κ2) is 4.18. The summed E-state index contributed by atoms with van der Waals surface area (Å²) in [7, 11) is 1.67. The van der Waals surface area contributed by atoms with E-state index in [0.717, 1.165) is 32.6 Å². The summed E-state index contributed by atoms with van der Waals surface area (Å²) in [6, 6.07) is 0.0358. The third kappa shape index (κ3) is 2.38. The summed E-state index contributed by atoms with van der Waals surface area (Å²) < 4.78 is 0. The molecule has 1 aliphatic rings. The summed E-state index contributed by atoms with van der Waals surface area (Å²) in [5.41, 5.74) is 0. The number of amides is 2. The minimum Gasteiger partial charge on any atom is -0.341 e. The van der Waals surface area contributed by atoms with Gasteiger partial charge in [0.2, 0.25) is 0 Å². The van der Waals surface area contributed by atoms with Crippen molar-refractivity contribution >= 4 is 6.03 Å². The first-order chi connectivity index (χ1) is 5.34. The zero-order chi connectivity index (χ0) is 8.10. The van der Waals surface area contributed by atoms with Crippen molar-refractivity contribution < 1.29 is 4.79 Å². The molecule has 2 N–H and O–H groups in total. The lowest BCUT2D eigenvalue weighted by Crippen LogP contribution is -2.40. The van der Waals surface area contributed by atoms with Crippen LogP contribution in [0.2, 0.25) is 0 Å². The Bertz CT molecular complexity index is 130. The lowest BCUT2D eigenvalue weighted by atomic mass is 10.4. The van der Waals surface area contributed by atoms with E-state index in [-0.39, 0.29) is 6.03 Å². The van der Waals surface area contributed by atoms with Crippen molar-refractivity contribution in [3.8, 4) is 0 Å². The molecule has 0 unspecified atom stereocenters. The molecule has 11 heavy (non-hydrogen) atoms. The van der Waals surface area contributed by atoms with Gasteiger partial charge in [0, 0.05) is 26.7 Å². The van der Waals surface area contributed by atoms with E-state index in [9.17, 15) is 4.79 Å². The van der Waals surface area contributed by atoms with E-state index in [1.165, 1.54) is 0 Å². The Morgan fingerprint density at radius 2 is 2.27 bits per heavy atom. The molecule has 4 heteroatoms. The van der Waals surface area contributed by atoms with Gasteiger partial charge in [-0.1, -0.05) is 0 Å². The average molecular weight is 157 g/mol. The number of nitrogens with zero attached hydrogens (tertiary/aromatic N) is 1. The average Bonchev–Trinajstić information content (AvgIpc) is 2.30. The highest BCUT2D eigenvalue weighted by Gasteiger charge is 2.12. The van der Waals surface area contributed by atoms with Crippen molar-refractivity contribution in [2.75, 3.05) is 33.2 Å². The number of hydrogen-bond acceptors (Lipinski definition) is 2. The molecule has 0 aromatic heterocycles. The van der Waals surface area contributed by atoms with Crippen molar-refractivity contribution in [3.05, 3.63) is 0 Å². The number of carbonyl (C=O) groups excluding carboxylic acids is 1. The highest BCUT2D eigenvalue weighted by molar-refractivity contribution is 5.73. The number of nitrogens with one attached hydrogen (secondary N) is 2. The number of urea groups is 1. The van der Waals surface area contributed by atoms with Crippen molar-refractivity contribution in [2.45, 2.75) is 6.42 Å². The van der Waals surface area contributed by atoms with Gasteiger partial charge in [0.25, 0.3) is 0 Å². The maximum Gasteiger partial charge on any atom is 0.317 e. The second-order valence-electron chi connectivity index (χ2n) is 2.65. The topological polar surface area (TPSA) is 44.4 Å². The Kier molecular flexibility index (Phi) is 3.16. The molecular formula is C7H15N3O. The van der Waals surface area contributed by atoms with Crippen molar-refractivity contribution in [1.29, 1.82) is 0 Å². The largest absolute Gasteiger partial charge is 0.341 e. The van der Waals surface area contributed by atoms with Crippen LogP contribution in [0, 0.1) is 0 Å². The van der Waals surface area contributed by atoms with E-state index in [1.807, 2.05) is 4.90 Å². The molecule has 0 radical (unpaired) electrons. The van der Waals surface area contributed by atoms with Gasteiger partial charge in [-0.3, -0.25) is 0 Å². The molecule has 0 aromatic rings. The molecule has 4 nitrogen and oxygen atoms in total. The van der Waals surface area contributed by atoms with Crippen LogP contribution in [0.15, 0.2) is 0 Å². The molecule has 1 rings (SSSR count). The maximum atomic E-state index is 11.1. The number of rotatable bonds is 0. The van der Waals surface area contributed by atoms with Crippen molar-refractivity contribution in [3.63, 3.8) is 0 Å². The second-order valence-corrected chi connectivity index (χ2v) is 2.65. The summed E-state index contributed by atoms with van der Waals surface area (Å²) in [6.45, 7) is 3.62. The molecule has 0 aromatic carbocycles. The molecule has 2 amide bonds. The summed E-state index contributed by atoms with van der Waals surface area (Å²) >= 11 is 0. The van der Waals surface area contributed by atoms with E-state index in [1.54, 1.807) is 7.05 Å². The van der Waals surface area contributed by atoms with Gasteiger partial charge >= 0.3 is 6.03 Å². The highest BCUT2D eigenvalue weighted by atomic mass is 16.2. The zero-order valence-electron chi connectivity index (χ0n) is 6.89. The molecule has 0 aliphatic carbocycles. The highest BCUT2D eigenvalue weighted by Crippen LogP contribution is 1.94. The van der Waals surface area contributed by atoms with Crippen LogP contribution in [0.5, 0.6) is 0 Å². The van der Waals surface area contributed by atoms with E-state index in [0.29, 0.717) is 0 Å². The third-order valence-electron chi connectivity index (χ3n) is 1.84. The van der Waals surface area contributed by atoms with Gasteiger partial charge in [0.15, 0.2) is 0 Å². The number of hydrogen-bond donors (Lipinski definition) is 2. The van der Waals surface area contributed by atoms with E-state index >= 15 is 0 Å². The first-order valence-electron chi connectivity index (χ1n) is 4.02. The fourth-order valence-electron chi connectivity index (χ4n) is 1.21. The lowest BCUT2D eigenvalue weighted by molar-refractivity contribution is 0.203. The van der Waals surface area contributed by atoms with Crippen LogP contribution < -0.4 is 10.6 Å². The van der Waals surface area contributed by atoms with Gasteiger partial charge in [0.1, 0.15) is 0 Å². The quantitative estimate of drug-likeness (QED) is 0.503. The van der Waals surface area contributed by atoms with Crippen LogP contribution in [0.4, 0.5) is 4.79 Å². The predicted molar refractivity (Wildman–Crippen MR) is 43.5 cm³/mol. The predicted octanol–water partition coefficient (Wildman–Crippen LogP) is -0.379. The Hall–Kier alpha value is -0.770. The van der Waals surface area contributed by atoms with Crippen LogP contribution in [0.1, 0.15) is 6.42 Å². The summed E-state index contributed by atoms with van der Waals surface area (Å²) in [5, 5.41) is 5.86. The molecule has 1 heterocycles. The van der Waals surface area contributed by atoms with E-state index in [4.69, 9.17) is 0 Å². The fraction of sp³-hybridized carbons (Fsp3) is 0.857. The minimum absolute atomic E-state index is 0.0358. The Balaban J connectivity index is 2.36. The van der Waals surface area contributed by atoms with Crippen LogP contribution in [0.25, 0.3) is 0 Å². The molecule has 1 aliphatic heterocycles. The molecule has 0 bridgehead atoms. The van der Waals surface area contributed by atoms with Gasteiger partial charge in [-0.05, 0) is 13.0 Å². The molecule has 1 fully saturated rings. The summed E-state index contributed by atoms with van der Waals surface area (Å²) in [6.07, 6.45) is 1.05. The van der Waals surface area contributed by atoms with Gasteiger partial charge < -0.3 is 15.5 Å². The number of carbonyl (C=O) groups is 1. The first kappa shape index (κ1) is 8.33. The van der Waals surface area contributed by atoms with Crippen LogP contribution >= 0.6 is 0 Å². The standard InChI is InChI=1S/C7H15N3O/c1-8-7(11)10-5-2-3-9-4-6-10/h9H,2-6H2,1H3,(H,8,11). The third-order valence-corrected chi connectivity index (χ3v) is 1.84. The van der Waals surface area contributed by atoms with Gasteiger partial charge in [-0.2, -0.15) is 0 Å². The van der Waals surface area contributed by atoms with Crippen LogP contribution in [0.3, 0.4) is 0 Å². The molecule has 0 spiro atoms. The van der Waals surface area contributed by atoms with E-state index in [2.05, 4.69) is 10.6 Å². The van der Waals surface area contributed by atoms with Gasteiger partial charge in [-0.25, -0.2) is 4.79 Å². The van der Waals surface area contributed by atoms with Crippen molar-refractivity contribution in [2.24, 2.45) is 0 Å². The smallest absolute Gasteiger partial charge is 0.317 e. The Morgan fingerprint density at radius 3 is 3.00 bits per heavy atom. The molecule has 0 atom stereocenters. The van der Waals surface area contributed by atoms with Gasteiger partial charge in [0.05, 0.1) is 0 Å². The van der Waals surface area contributed by atoms with Gasteiger partial charge in [-0.15, -0.1) is 0 Å². The lowest BCUT2D eigenvalue weighted by Gasteiger charge is -2.18. The SMILES string of the molecule is CNC(=O)N1CCCNCC1. The minimum atomic E-state index is 0.0358.